The van der Waals surface area contributed by atoms with Gasteiger partial charge in [0.1, 0.15) is 0 Å². The number of amides is 1. The number of carbonyl (C=O) groups excluding carboxylic acids is 1. The highest BCUT2D eigenvalue weighted by atomic mass is 16.1. The summed E-state index contributed by atoms with van der Waals surface area (Å²) < 4.78 is 0. The van der Waals surface area contributed by atoms with Gasteiger partial charge < -0.3 is 16.0 Å². The first-order valence-corrected chi connectivity index (χ1v) is 9.35. The van der Waals surface area contributed by atoms with Crippen molar-refractivity contribution in [1.29, 1.82) is 0 Å². The van der Waals surface area contributed by atoms with E-state index in [1.807, 2.05) is 18.2 Å². The summed E-state index contributed by atoms with van der Waals surface area (Å²) in [5, 5.41) is 9.75. The maximum Gasteiger partial charge on any atom is 0.255 e. The van der Waals surface area contributed by atoms with E-state index in [0.29, 0.717) is 0 Å². The number of hydrogen-bond acceptors (Lipinski definition) is 3. The molecule has 0 unspecified atom stereocenters. The summed E-state index contributed by atoms with van der Waals surface area (Å²) in [6.45, 7) is 5.94. The van der Waals surface area contributed by atoms with Crippen LogP contribution >= 0.6 is 0 Å². The lowest BCUT2D eigenvalue weighted by Gasteiger charge is -2.18. The lowest BCUT2D eigenvalue weighted by Crippen LogP contribution is -2.24. The maximum absolute atomic E-state index is 12.7. The number of benzene rings is 2. The van der Waals surface area contributed by atoms with E-state index in [4.69, 9.17) is 0 Å². The summed E-state index contributed by atoms with van der Waals surface area (Å²) >= 11 is 0. The fourth-order valence-corrected chi connectivity index (χ4v) is 3.79. The molecule has 1 amide bonds. The SMILES string of the molecule is Cc1cc(NC(=O)c2ccc3c(c2)CCNC3)ccc1C1=CCNCC1. The van der Waals surface area contributed by atoms with E-state index >= 15 is 0 Å². The predicted molar refractivity (Wildman–Crippen MR) is 106 cm³/mol. The van der Waals surface area contributed by atoms with E-state index in [9.17, 15) is 4.79 Å². The van der Waals surface area contributed by atoms with Gasteiger partial charge in [0.05, 0.1) is 0 Å². The van der Waals surface area contributed by atoms with Gasteiger partial charge in [0, 0.05) is 24.3 Å². The molecule has 0 fully saturated rings. The fraction of sp³-hybridized carbons (Fsp3) is 0.318. The van der Waals surface area contributed by atoms with Gasteiger partial charge in [-0.2, -0.15) is 0 Å². The molecule has 2 aromatic rings. The van der Waals surface area contributed by atoms with Crippen LogP contribution in [0.15, 0.2) is 42.5 Å². The molecule has 0 radical (unpaired) electrons. The van der Waals surface area contributed by atoms with Crippen molar-refractivity contribution in [2.75, 3.05) is 25.0 Å². The number of rotatable bonds is 3. The van der Waals surface area contributed by atoms with E-state index in [-0.39, 0.29) is 5.91 Å². The van der Waals surface area contributed by atoms with Crippen LogP contribution in [0.3, 0.4) is 0 Å². The molecule has 0 aliphatic carbocycles. The van der Waals surface area contributed by atoms with Gasteiger partial charge in [-0.25, -0.2) is 0 Å². The largest absolute Gasteiger partial charge is 0.322 e. The lowest BCUT2D eigenvalue weighted by atomic mass is 9.95. The molecule has 0 saturated heterocycles. The van der Waals surface area contributed by atoms with Crippen molar-refractivity contribution in [3.05, 3.63) is 70.3 Å². The molecule has 134 valence electrons. The summed E-state index contributed by atoms with van der Waals surface area (Å²) in [6.07, 6.45) is 4.29. The van der Waals surface area contributed by atoms with E-state index in [1.54, 1.807) is 0 Å². The second kappa shape index (κ2) is 7.44. The van der Waals surface area contributed by atoms with E-state index in [2.05, 4.69) is 47.1 Å². The molecular weight excluding hydrogens is 322 g/mol. The average molecular weight is 347 g/mol. The summed E-state index contributed by atoms with van der Waals surface area (Å²) in [7, 11) is 0. The summed E-state index contributed by atoms with van der Waals surface area (Å²) in [5.74, 6) is -0.0421. The van der Waals surface area contributed by atoms with Crippen LogP contribution in [-0.2, 0) is 13.0 Å². The highest BCUT2D eigenvalue weighted by molar-refractivity contribution is 6.04. The Bertz CT molecular complexity index is 870. The van der Waals surface area contributed by atoms with Gasteiger partial charge >= 0.3 is 0 Å². The summed E-state index contributed by atoms with van der Waals surface area (Å²) in [6, 6.07) is 12.2. The van der Waals surface area contributed by atoms with Crippen LogP contribution < -0.4 is 16.0 Å². The Balaban J connectivity index is 1.51. The standard InChI is InChI=1S/C22H25N3O/c1-15-12-20(4-5-21(15)16-6-9-23-10-7-16)25-22(26)18-2-3-19-14-24-11-8-17(19)13-18/h2-6,12-13,23-24H,7-11,14H2,1H3,(H,25,26). The first-order valence-electron chi connectivity index (χ1n) is 9.35. The highest BCUT2D eigenvalue weighted by Crippen LogP contribution is 2.26. The van der Waals surface area contributed by atoms with Crippen molar-refractivity contribution < 1.29 is 4.79 Å². The van der Waals surface area contributed by atoms with Gasteiger partial charge in [0.15, 0.2) is 0 Å². The monoisotopic (exact) mass is 347 g/mol. The van der Waals surface area contributed by atoms with Gasteiger partial charge in [-0.05, 0) is 84.9 Å². The topological polar surface area (TPSA) is 53.2 Å². The first kappa shape index (κ1) is 17.0. The number of nitrogens with one attached hydrogen (secondary N) is 3. The third kappa shape index (κ3) is 3.57. The predicted octanol–water partition coefficient (Wildman–Crippen LogP) is 3.27. The molecule has 0 atom stereocenters. The second-order valence-electron chi connectivity index (χ2n) is 7.08. The van der Waals surface area contributed by atoms with Crippen LogP contribution in [0.25, 0.3) is 5.57 Å². The van der Waals surface area contributed by atoms with Crippen LogP contribution in [0.2, 0.25) is 0 Å². The zero-order valence-corrected chi connectivity index (χ0v) is 15.2. The Labute approximate surface area is 154 Å². The fourth-order valence-electron chi connectivity index (χ4n) is 3.79. The number of hydrogen-bond donors (Lipinski definition) is 3. The minimum absolute atomic E-state index is 0.0421. The molecule has 0 bridgehead atoms. The Hall–Kier alpha value is -2.43. The quantitative estimate of drug-likeness (QED) is 0.799. The number of carbonyl (C=O) groups is 1. The molecule has 3 N–H and O–H groups in total. The van der Waals surface area contributed by atoms with Crippen LogP contribution in [0.1, 0.15) is 39.0 Å². The van der Waals surface area contributed by atoms with Gasteiger partial charge in [0.25, 0.3) is 5.91 Å². The molecule has 4 rings (SSSR count). The highest BCUT2D eigenvalue weighted by Gasteiger charge is 2.14. The van der Waals surface area contributed by atoms with E-state index < -0.39 is 0 Å². The molecule has 2 aliphatic rings. The van der Waals surface area contributed by atoms with Gasteiger partial charge in [-0.1, -0.05) is 18.2 Å². The van der Waals surface area contributed by atoms with Crippen molar-refractivity contribution in [3.63, 3.8) is 0 Å². The zero-order valence-electron chi connectivity index (χ0n) is 15.2. The molecule has 2 heterocycles. The second-order valence-corrected chi connectivity index (χ2v) is 7.08. The molecule has 2 aliphatic heterocycles. The minimum atomic E-state index is -0.0421. The van der Waals surface area contributed by atoms with Crippen molar-refractivity contribution >= 4 is 17.2 Å². The van der Waals surface area contributed by atoms with E-state index in [1.165, 1.54) is 27.8 Å². The average Bonchev–Trinajstić information content (AvgIpc) is 2.68. The Morgan fingerprint density at radius 1 is 1.00 bits per heavy atom. The number of fused-ring (bicyclic) bond motifs is 1. The van der Waals surface area contributed by atoms with Gasteiger partial charge in [0.2, 0.25) is 0 Å². The molecule has 0 aromatic heterocycles. The molecule has 4 heteroatoms. The third-order valence-electron chi connectivity index (χ3n) is 5.25. The van der Waals surface area contributed by atoms with Gasteiger partial charge in [-0.3, -0.25) is 4.79 Å². The van der Waals surface area contributed by atoms with Crippen LogP contribution in [0, 0.1) is 6.92 Å². The summed E-state index contributed by atoms with van der Waals surface area (Å²) in [5.41, 5.74) is 8.03. The Morgan fingerprint density at radius 3 is 2.69 bits per heavy atom. The molecule has 0 saturated carbocycles. The maximum atomic E-state index is 12.7. The van der Waals surface area contributed by atoms with Crippen LogP contribution in [-0.4, -0.2) is 25.5 Å². The molecule has 26 heavy (non-hydrogen) atoms. The third-order valence-corrected chi connectivity index (χ3v) is 5.25. The molecule has 0 spiro atoms. The summed E-state index contributed by atoms with van der Waals surface area (Å²) in [4.78, 5) is 12.7. The minimum Gasteiger partial charge on any atom is -0.322 e. The lowest BCUT2D eigenvalue weighted by molar-refractivity contribution is 0.102. The number of anilines is 1. The van der Waals surface area contributed by atoms with Crippen molar-refractivity contribution in [2.45, 2.75) is 26.3 Å². The normalized spacial score (nSPS) is 16.6. The smallest absolute Gasteiger partial charge is 0.255 e. The molecule has 2 aromatic carbocycles. The molecular formula is C22H25N3O. The Kier molecular flexibility index (Phi) is 4.87. The van der Waals surface area contributed by atoms with Crippen LogP contribution in [0.4, 0.5) is 5.69 Å². The van der Waals surface area contributed by atoms with Crippen molar-refractivity contribution in [3.8, 4) is 0 Å². The number of aryl methyl sites for hydroxylation is 1. The first-order chi connectivity index (χ1) is 12.7. The van der Waals surface area contributed by atoms with Crippen LogP contribution in [0.5, 0.6) is 0 Å². The van der Waals surface area contributed by atoms with Crippen molar-refractivity contribution in [2.24, 2.45) is 0 Å². The molecule has 4 nitrogen and oxygen atoms in total. The van der Waals surface area contributed by atoms with Gasteiger partial charge in [-0.15, -0.1) is 0 Å². The Morgan fingerprint density at radius 2 is 1.88 bits per heavy atom. The zero-order chi connectivity index (χ0) is 17.9. The van der Waals surface area contributed by atoms with E-state index in [0.717, 1.165) is 50.3 Å². The van der Waals surface area contributed by atoms with Crippen molar-refractivity contribution in [1.82, 2.24) is 10.6 Å².